The minimum Gasteiger partial charge on any atom is -0.309 e. The second-order valence-electron chi connectivity index (χ2n) is 5.63. The Hall–Kier alpha value is -0.960. The van der Waals surface area contributed by atoms with Crippen molar-refractivity contribution in [1.29, 1.82) is 0 Å². The first-order valence-electron chi connectivity index (χ1n) is 7.88. The standard InChI is InChI=1S/C17H27O4P/c1-5-20-22(19,21-6-2)13-16(14(3)4)12-17(18)15-10-8-7-9-11-15/h7-11,14,16H,5-6,12-13H2,1-4H3/t16-/m0/s1. The lowest BCUT2D eigenvalue weighted by molar-refractivity contribution is 0.0952. The fraction of sp³-hybridized carbons (Fsp3) is 0.588. The smallest absolute Gasteiger partial charge is 0.309 e. The summed E-state index contributed by atoms with van der Waals surface area (Å²) in [5.74, 6) is 0.261. The molecule has 0 unspecified atom stereocenters. The minimum atomic E-state index is -3.13. The molecule has 1 atom stereocenters. The fourth-order valence-electron chi connectivity index (χ4n) is 2.31. The van der Waals surface area contributed by atoms with Crippen LogP contribution in [0.5, 0.6) is 0 Å². The van der Waals surface area contributed by atoms with Gasteiger partial charge in [-0.2, -0.15) is 0 Å². The molecule has 1 rings (SSSR count). The third kappa shape index (κ3) is 6.04. The summed E-state index contributed by atoms with van der Waals surface area (Å²) in [6.07, 6.45) is 0.636. The van der Waals surface area contributed by atoms with E-state index in [0.717, 1.165) is 0 Å². The summed E-state index contributed by atoms with van der Waals surface area (Å²) in [6.45, 7) is 8.34. The zero-order valence-electron chi connectivity index (χ0n) is 14.0. The zero-order chi connectivity index (χ0) is 16.6. The third-order valence-electron chi connectivity index (χ3n) is 3.60. The number of carbonyl (C=O) groups is 1. The quantitative estimate of drug-likeness (QED) is 0.458. The van der Waals surface area contributed by atoms with E-state index in [0.29, 0.717) is 25.2 Å². The molecule has 0 N–H and O–H groups in total. The van der Waals surface area contributed by atoms with Crippen molar-refractivity contribution in [3.05, 3.63) is 35.9 Å². The number of hydrogen-bond donors (Lipinski definition) is 0. The first-order valence-corrected chi connectivity index (χ1v) is 9.61. The van der Waals surface area contributed by atoms with Crippen LogP contribution in [0.25, 0.3) is 0 Å². The number of hydrogen-bond acceptors (Lipinski definition) is 4. The van der Waals surface area contributed by atoms with E-state index in [4.69, 9.17) is 9.05 Å². The highest BCUT2D eigenvalue weighted by atomic mass is 31.2. The van der Waals surface area contributed by atoms with Gasteiger partial charge in [-0.05, 0) is 25.7 Å². The van der Waals surface area contributed by atoms with Gasteiger partial charge in [0.05, 0.1) is 19.4 Å². The predicted molar refractivity (Wildman–Crippen MR) is 89.4 cm³/mol. The summed E-state index contributed by atoms with van der Waals surface area (Å²) in [5.41, 5.74) is 0.691. The van der Waals surface area contributed by atoms with Crippen LogP contribution in [-0.4, -0.2) is 25.2 Å². The number of rotatable bonds is 10. The van der Waals surface area contributed by atoms with E-state index in [1.165, 1.54) is 0 Å². The van der Waals surface area contributed by atoms with Crippen molar-refractivity contribution in [3.8, 4) is 0 Å². The highest BCUT2D eigenvalue weighted by Gasteiger charge is 2.31. The maximum absolute atomic E-state index is 12.7. The van der Waals surface area contributed by atoms with Gasteiger partial charge in [0.25, 0.3) is 0 Å². The van der Waals surface area contributed by atoms with E-state index in [2.05, 4.69) is 0 Å². The first-order chi connectivity index (χ1) is 10.4. The Morgan fingerprint density at radius 2 is 1.64 bits per heavy atom. The molecule has 0 spiro atoms. The van der Waals surface area contributed by atoms with Gasteiger partial charge in [-0.3, -0.25) is 9.36 Å². The maximum Gasteiger partial charge on any atom is 0.330 e. The molecule has 0 aliphatic heterocycles. The molecule has 0 aliphatic rings. The Balaban J connectivity index is 2.81. The average Bonchev–Trinajstić information content (AvgIpc) is 2.47. The lowest BCUT2D eigenvalue weighted by atomic mass is 9.90. The Kier molecular flexibility index (Phi) is 8.02. The second kappa shape index (κ2) is 9.24. The van der Waals surface area contributed by atoms with Gasteiger partial charge >= 0.3 is 7.60 Å². The monoisotopic (exact) mass is 326 g/mol. The fourth-order valence-corrected chi connectivity index (χ4v) is 4.51. The maximum atomic E-state index is 12.7. The van der Waals surface area contributed by atoms with Crippen LogP contribution in [0.3, 0.4) is 0 Å². The summed E-state index contributed by atoms with van der Waals surface area (Å²) >= 11 is 0. The third-order valence-corrected chi connectivity index (χ3v) is 5.82. The Bertz CT molecular complexity index is 489. The topological polar surface area (TPSA) is 52.6 Å². The van der Waals surface area contributed by atoms with Crippen LogP contribution in [0.4, 0.5) is 0 Å². The molecule has 0 aromatic heterocycles. The number of benzene rings is 1. The van der Waals surface area contributed by atoms with Crippen molar-refractivity contribution in [2.24, 2.45) is 11.8 Å². The van der Waals surface area contributed by atoms with Gasteiger partial charge in [0.2, 0.25) is 0 Å². The van der Waals surface area contributed by atoms with Crippen LogP contribution in [-0.2, 0) is 13.6 Å². The molecule has 0 saturated carbocycles. The van der Waals surface area contributed by atoms with Gasteiger partial charge in [-0.1, -0.05) is 44.2 Å². The molecule has 1 aromatic carbocycles. The molecule has 0 fully saturated rings. The SMILES string of the molecule is CCOP(=O)(C[C@H](CC(=O)c1ccccc1)C(C)C)OCC. The molecule has 0 bridgehead atoms. The summed E-state index contributed by atoms with van der Waals surface area (Å²) < 4.78 is 23.4. The number of Topliss-reactive ketones (excluding diaryl/α,β-unsaturated/α-hetero) is 1. The lowest BCUT2D eigenvalue weighted by Gasteiger charge is -2.25. The van der Waals surface area contributed by atoms with Crippen molar-refractivity contribution >= 4 is 13.4 Å². The Labute approximate surface area is 133 Å². The molecular formula is C17H27O4P. The molecule has 0 radical (unpaired) electrons. The Morgan fingerprint density at radius 3 is 2.09 bits per heavy atom. The van der Waals surface area contributed by atoms with Gasteiger partial charge in [0, 0.05) is 12.0 Å². The molecule has 22 heavy (non-hydrogen) atoms. The summed E-state index contributed by atoms with van der Waals surface area (Å²) in [7, 11) is -3.13. The molecule has 0 aliphatic carbocycles. The molecule has 124 valence electrons. The van der Waals surface area contributed by atoms with Crippen molar-refractivity contribution < 1.29 is 18.4 Å². The highest BCUT2D eigenvalue weighted by Crippen LogP contribution is 2.51. The highest BCUT2D eigenvalue weighted by molar-refractivity contribution is 7.53. The molecule has 5 heteroatoms. The van der Waals surface area contributed by atoms with Gasteiger partial charge < -0.3 is 9.05 Å². The molecule has 0 heterocycles. The minimum absolute atomic E-state index is 0.0309. The molecule has 0 saturated heterocycles. The van der Waals surface area contributed by atoms with E-state index in [1.54, 1.807) is 13.8 Å². The molecule has 4 nitrogen and oxygen atoms in total. The van der Waals surface area contributed by atoms with Gasteiger partial charge in [0.15, 0.2) is 5.78 Å². The number of carbonyl (C=O) groups excluding carboxylic acids is 1. The first kappa shape index (κ1) is 19.1. The summed E-state index contributed by atoms with van der Waals surface area (Å²) in [4.78, 5) is 12.4. The van der Waals surface area contributed by atoms with Gasteiger partial charge in [-0.15, -0.1) is 0 Å². The van der Waals surface area contributed by atoms with Crippen LogP contribution >= 0.6 is 7.60 Å². The summed E-state index contributed by atoms with van der Waals surface area (Å²) in [5, 5.41) is 0. The van der Waals surface area contributed by atoms with Gasteiger partial charge in [-0.25, -0.2) is 0 Å². The van der Waals surface area contributed by atoms with E-state index >= 15 is 0 Å². The van der Waals surface area contributed by atoms with Crippen LogP contribution < -0.4 is 0 Å². The average molecular weight is 326 g/mol. The van der Waals surface area contributed by atoms with Crippen LogP contribution in [0.2, 0.25) is 0 Å². The van der Waals surface area contributed by atoms with Crippen LogP contribution in [0, 0.1) is 11.8 Å². The van der Waals surface area contributed by atoms with Crippen molar-refractivity contribution in [3.63, 3.8) is 0 Å². The van der Waals surface area contributed by atoms with E-state index < -0.39 is 7.60 Å². The lowest BCUT2D eigenvalue weighted by Crippen LogP contribution is -2.20. The van der Waals surface area contributed by atoms with E-state index in [1.807, 2.05) is 44.2 Å². The number of ketones is 1. The van der Waals surface area contributed by atoms with Crippen LogP contribution in [0.1, 0.15) is 44.5 Å². The van der Waals surface area contributed by atoms with Crippen molar-refractivity contribution in [2.45, 2.75) is 34.1 Å². The van der Waals surface area contributed by atoms with Crippen LogP contribution in [0.15, 0.2) is 30.3 Å². The Morgan fingerprint density at radius 1 is 1.09 bits per heavy atom. The zero-order valence-corrected chi connectivity index (χ0v) is 14.8. The van der Waals surface area contributed by atoms with E-state index in [-0.39, 0.29) is 23.8 Å². The van der Waals surface area contributed by atoms with E-state index in [9.17, 15) is 9.36 Å². The summed E-state index contributed by atoms with van der Waals surface area (Å²) in [6, 6.07) is 9.20. The normalized spacial score (nSPS) is 13.3. The second-order valence-corrected chi connectivity index (χ2v) is 7.73. The van der Waals surface area contributed by atoms with Crippen molar-refractivity contribution in [1.82, 2.24) is 0 Å². The molecule has 0 amide bonds. The van der Waals surface area contributed by atoms with Crippen molar-refractivity contribution in [2.75, 3.05) is 19.4 Å². The predicted octanol–water partition coefficient (Wildman–Crippen LogP) is 4.80. The van der Waals surface area contributed by atoms with Gasteiger partial charge in [0.1, 0.15) is 0 Å². The molecular weight excluding hydrogens is 299 g/mol. The molecule has 1 aromatic rings. The largest absolute Gasteiger partial charge is 0.330 e.